The molecule has 0 aromatic heterocycles. The Balaban J connectivity index is 0. The zero-order valence-corrected chi connectivity index (χ0v) is 96.5. The lowest BCUT2D eigenvalue weighted by atomic mass is 10.3. The quantitative estimate of drug-likeness (QED) is 0.0403. The average molecular weight is 2000 g/mol. The van der Waals surface area contributed by atoms with Crippen LogP contribution in [0.4, 0.5) is 0 Å². The molecule has 0 saturated heterocycles. The zero-order valence-electron chi connectivity index (χ0n) is 84.5. The van der Waals surface area contributed by atoms with Gasteiger partial charge in [-0.3, -0.25) is 0 Å². The molecule has 0 bridgehead atoms. The molecule has 8 atom stereocenters. The molecule has 4 aliphatic rings. The van der Waals surface area contributed by atoms with Crippen molar-refractivity contribution in [3.8, 4) is 0 Å². The summed E-state index contributed by atoms with van der Waals surface area (Å²) in [7, 11) is 7.85. The fourth-order valence-electron chi connectivity index (χ4n) is 15.7. The lowest BCUT2D eigenvalue weighted by molar-refractivity contribution is 0.0653. The molecule has 0 aromatic carbocycles. The van der Waals surface area contributed by atoms with Crippen molar-refractivity contribution in [1.29, 1.82) is 0 Å². The predicted molar refractivity (Wildman–Crippen MR) is 507 cm³/mol. The third-order valence-corrected chi connectivity index (χ3v) is 61.1. The van der Waals surface area contributed by atoms with Crippen LogP contribution in [-0.4, -0.2) is 341 Å². The molecular formula is C78H184O34Si12. The van der Waals surface area contributed by atoms with Crippen LogP contribution in [-0.2, 0) is 150 Å². The van der Waals surface area contributed by atoms with Gasteiger partial charge in [0.15, 0.2) is 0 Å². The van der Waals surface area contributed by atoms with E-state index in [1.54, 1.807) is 156 Å². The molecule has 4 saturated carbocycles. The standard InChI is InChI=1S/2C17H38O6Si2.C11H26O6Si2.2C11H28O6Si2.C11H26O4Si2/c2*1-7-18-24(19-8-2,20-9-3)14-13-16-15-17(16)25(21-10-4,22-11-5)23-12-6;1-12-18(13-2,14-3)8-7-10-9-11(10)19(15-4,16-5)17-6;2*1-12-18(13-2,14-3)10-8-7-9-11-19(15-4,16-5)17-6;1-12-16(5,13-2)8-7-10-9-11(10)17(6,14-3)15-4/h2*16-17H,7-15H2,1-6H3;10-11H,7-9H2,1-6H3;2*7-11H2,1-6H3;10-11H,7-9H2,1-6H3. The number of hydrogen-bond acceptors (Lipinski definition) is 34. The van der Waals surface area contributed by atoms with Gasteiger partial charge < -0.3 is 150 Å². The maximum absolute atomic E-state index is 6.05. The Morgan fingerprint density at radius 2 is 0.363 bits per heavy atom. The minimum atomic E-state index is -2.58. The number of unbranched alkanes of at least 4 members (excludes halogenated alkanes) is 4. The van der Waals surface area contributed by atoms with E-state index in [1.165, 1.54) is 12.8 Å². The van der Waals surface area contributed by atoms with Crippen LogP contribution in [0.25, 0.3) is 0 Å². The van der Waals surface area contributed by atoms with E-state index in [9.17, 15) is 0 Å². The summed E-state index contributed by atoms with van der Waals surface area (Å²) in [5.41, 5.74) is 1.81. The van der Waals surface area contributed by atoms with Gasteiger partial charge in [-0.25, -0.2) is 0 Å². The highest BCUT2D eigenvalue weighted by Crippen LogP contribution is 2.59. The monoisotopic (exact) mass is 2000 g/mol. The summed E-state index contributed by atoms with van der Waals surface area (Å²) >= 11 is 0. The Bertz CT molecular complexity index is 2240. The van der Waals surface area contributed by atoms with E-state index in [4.69, 9.17) is 150 Å². The summed E-state index contributed by atoms with van der Waals surface area (Å²) in [5.74, 6) is 2.37. The molecule has 4 fully saturated rings. The number of rotatable bonds is 74. The minimum Gasteiger partial charge on any atom is -0.398 e. The Morgan fingerprint density at radius 3 is 0.556 bits per heavy atom. The molecular weight excluding hydrogens is 1820 g/mol. The fourth-order valence-corrected chi connectivity index (χ4v) is 43.8. The summed E-state index contributed by atoms with van der Waals surface area (Å²) < 4.78 is 192. The first-order valence-corrected chi connectivity index (χ1v) is 68.9. The molecule has 4 rings (SSSR count). The summed E-state index contributed by atoms with van der Waals surface area (Å²) in [6, 6.07) is 6.82. The van der Waals surface area contributed by atoms with Crippen LogP contribution in [0.5, 0.6) is 0 Å². The van der Waals surface area contributed by atoms with Gasteiger partial charge in [-0.15, -0.1) is 0 Å². The lowest BCUT2D eigenvalue weighted by Crippen LogP contribution is -2.48. The molecule has 4 aliphatic carbocycles. The van der Waals surface area contributed by atoms with Gasteiger partial charge in [0.25, 0.3) is 0 Å². The van der Waals surface area contributed by atoms with Crippen molar-refractivity contribution in [2.75, 3.05) is 236 Å². The Hall–Kier alpha value is 1.24. The van der Waals surface area contributed by atoms with Crippen LogP contribution in [0, 0.1) is 23.7 Å². The third-order valence-electron chi connectivity index (χ3n) is 23.5. The van der Waals surface area contributed by atoms with E-state index in [0.29, 0.717) is 119 Å². The molecule has 46 heteroatoms. The topological polar surface area (TPSA) is 314 Å². The van der Waals surface area contributed by atoms with Gasteiger partial charge in [0.2, 0.25) is 0 Å². The van der Waals surface area contributed by atoms with Crippen molar-refractivity contribution in [3.63, 3.8) is 0 Å². The maximum Gasteiger partial charge on any atom is 0.504 e. The van der Waals surface area contributed by atoms with Crippen LogP contribution in [0.1, 0.15) is 173 Å². The smallest absolute Gasteiger partial charge is 0.398 e. The van der Waals surface area contributed by atoms with Crippen LogP contribution in [0.2, 0.25) is 83.6 Å². The first kappa shape index (κ1) is 127. The van der Waals surface area contributed by atoms with Gasteiger partial charge in [0.05, 0.1) is 0 Å². The van der Waals surface area contributed by atoms with E-state index in [0.717, 1.165) is 131 Å². The SMILES string of the molecule is CCO[Si](CCC1CC1[Si](OCC)(OCC)OCC)(OCC)OCC.CCO[Si](CCC1CC1[Si](OCC)(OCC)OCC)(OCC)OCC.CO[Si](C)(CCC1CC1[Si](C)(OC)OC)OC.CO[Si](CCC1CC1[Si](OC)(OC)OC)(OC)OC.CO[Si](CCCCC[Si](OC)(OC)OC)(OC)OC.CO[Si](CCCCC[Si](OC)(OC)OC)(OC)OC. The van der Waals surface area contributed by atoms with Crippen molar-refractivity contribution >= 4 is 105 Å². The van der Waals surface area contributed by atoms with Gasteiger partial charge in [0, 0.05) is 300 Å². The maximum atomic E-state index is 6.05. The largest absolute Gasteiger partial charge is 0.504 e. The number of hydrogen-bond donors (Lipinski definition) is 0. The van der Waals surface area contributed by atoms with Gasteiger partial charge in [-0.05, 0) is 203 Å². The zero-order chi connectivity index (χ0) is 94.7. The molecule has 124 heavy (non-hydrogen) atoms. The van der Waals surface area contributed by atoms with E-state index >= 15 is 0 Å². The van der Waals surface area contributed by atoms with Crippen LogP contribution in [0.15, 0.2) is 0 Å². The predicted octanol–water partition coefficient (Wildman–Crippen LogP) is 15.6. The van der Waals surface area contributed by atoms with Crippen LogP contribution < -0.4 is 0 Å². The summed E-state index contributed by atoms with van der Waals surface area (Å²) in [6.07, 6.45) is 14.7. The van der Waals surface area contributed by atoms with E-state index in [2.05, 4.69) is 13.1 Å². The molecule has 0 heterocycles. The molecule has 34 nitrogen and oxygen atoms in total. The highest BCUT2D eigenvalue weighted by atomic mass is 28.4. The summed E-state index contributed by atoms with van der Waals surface area (Å²) in [4.78, 5) is 0. The van der Waals surface area contributed by atoms with Crippen molar-refractivity contribution in [2.24, 2.45) is 23.7 Å². The van der Waals surface area contributed by atoms with Gasteiger partial charge in [-0.2, -0.15) is 0 Å². The lowest BCUT2D eigenvalue weighted by Gasteiger charge is -2.30. The van der Waals surface area contributed by atoms with Crippen molar-refractivity contribution in [3.05, 3.63) is 0 Å². The molecule has 0 spiro atoms. The minimum absolute atomic E-state index is 0.379. The van der Waals surface area contributed by atoms with Gasteiger partial charge >= 0.3 is 105 Å². The van der Waals surface area contributed by atoms with E-state index < -0.39 is 105 Å². The Morgan fingerprint density at radius 1 is 0.177 bits per heavy atom. The van der Waals surface area contributed by atoms with Crippen molar-refractivity contribution < 1.29 is 150 Å². The molecule has 0 radical (unpaired) electrons. The molecule has 8 unspecified atom stereocenters. The second-order valence-corrected chi connectivity index (χ2v) is 67.0. The van der Waals surface area contributed by atoms with Crippen LogP contribution >= 0.6 is 0 Å². The normalized spacial score (nSPS) is 19.5. The first-order chi connectivity index (χ1) is 59.3. The third kappa shape index (κ3) is 42.9. The first-order valence-electron chi connectivity index (χ1n) is 45.1. The Labute approximate surface area is 766 Å². The highest BCUT2D eigenvalue weighted by Gasteiger charge is 2.64. The molecule has 0 N–H and O–H groups in total. The molecule has 748 valence electrons. The fraction of sp³-hybridized carbons (Fsp3) is 1.00. The van der Waals surface area contributed by atoms with Crippen LogP contribution in [0.3, 0.4) is 0 Å². The Kier molecular flexibility index (Phi) is 70.9. The van der Waals surface area contributed by atoms with E-state index in [1.807, 2.05) is 83.1 Å². The molecule has 0 aliphatic heterocycles. The van der Waals surface area contributed by atoms with Crippen molar-refractivity contribution in [2.45, 2.75) is 257 Å². The summed E-state index contributed by atoms with van der Waals surface area (Å²) in [6.45, 7) is 35.8. The van der Waals surface area contributed by atoms with Crippen molar-refractivity contribution in [1.82, 2.24) is 0 Å². The van der Waals surface area contributed by atoms with Gasteiger partial charge in [0.1, 0.15) is 0 Å². The second-order valence-electron chi connectivity index (χ2n) is 30.1. The molecule has 0 amide bonds. The second kappa shape index (κ2) is 69.1. The van der Waals surface area contributed by atoms with E-state index in [-0.39, 0.29) is 0 Å². The average Bonchev–Trinajstić information content (AvgIpc) is 1.63. The summed E-state index contributed by atoms with van der Waals surface area (Å²) in [5, 5.41) is 0. The highest BCUT2D eigenvalue weighted by molar-refractivity contribution is 6.69. The molecule has 0 aromatic rings. The van der Waals surface area contributed by atoms with Gasteiger partial charge in [-0.1, -0.05) is 12.8 Å².